The quantitative estimate of drug-likeness (QED) is 0.836. The zero-order valence-electron chi connectivity index (χ0n) is 8.86. The normalized spacial score (nSPS) is 10.7. The summed E-state index contributed by atoms with van der Waals surface area (Å²) in [5, 5.41) is 18.8. The Morgan fingerprint density at radius 2 is 2.22 bits per heavy atom. The molecule has 6 nitrogen and oxygen atoms in total. The third-order valence-electron chi connectivity index (χ3n) is 1.82. The molecule has 0 fully saturated rings. The van der Waals surface area contributed by atoms with Gasteiger partial charge in [-0.15, -0.1) is 21.5 Å². The van der Waals surface area contributed by atoms with Gasteiger partial charge in [-0.25, -0.2) is 4.79 Å². The Hall–Kier alpha value is -2.06. The number of hydrogen-bond donors (Lipinski definition) is 2. The van der Waals surface area contributed by atoms with E-state index < -0.39 is 5.97 Å². The Bertz CT molecular complexity index is 589. The number of carbonyl (C=O) groups excluding carboxylic acids is 1. The third kappa shape index (κ3) is 3.22. The average molecular weight is 281 g/mol. The SMILES string of the molecule is O=C(O)C=Cc1ccc(C(=O)Nc2nncs2)s1. The van der Waals surface area contributed by atoms with Crippen LogP contribution in [0, 0.1) is 0 Å². The summed E-state index contributed by atoms with van der Waals surface area (Å²) in [6, 6.07) is 3.31. The van der Waals surface area contributed by atoms with E-state index in [1.807, 2.05) is 0 Å². The molecule has 0 spiro atoms. The molecule has 0 unspecified atom stereocenters. The minimum Gasteiger partial charge on any atom is -0.478 e. The second kappa shape index (κ2) is 5.52. The van der Waals surface area contributed by atoms with Crippen LogP contribution in [0.25, 0.3) is 6.08 Å². The molecule has 0 saturated heterocycles. The van der Waals surface area contributed by atoms with Crippen LogP contribution in [-0.4, -0.2) is 27.2 Å². The fourth-order valence-corrected chi connectivity index (χ4v) is 2.35. The van der Waals surface area contributed by atoms with E-state index in [9.17, 15) is 9.59 Å². The number of nitrogens with zero attached hydrogens (tertiary/aromatic N) is 2. The van der Waals surface area contributed by atoms with Crippen molar-refractivity contribution in [2.45, 2.75) is 0 Å². The molecule has 0 aliphatic rings. The Labute approximate surface area is 110 Å². The van der Waals surface area contributed by atoms with Crippen molar-refractivity contribution in [2.75, 3.05) is 5.32 Å². The number of carbonyl (C=O) groups is 2. The lowest BCUT2D eigenvalue weighted by molar-refractivity contribution is -0.131. The summed E-state index contributed by atoms with van der Waals surface area (Å²) in [6.45, 7) is 0. The predicted molar refractivity (Wildman–Crippen MR) is 68.9 cm³/mol. The van der Waals surface area contributed by atoms with E-state index in [4.69, 9.17) is 5.11 Å². The number of thiophene rings is 1. The van der Waals surface area contributed by atoms with E-state index in [1.54, 1.807) is 12.1 Å². The molecule has 1 amide bonds. The van der Waals surface area contributed by atoms with Gasteiger partial charge in [0.2, 0.25) is 5.13 Å². The number of nitrogens with one attached hydrogen (secondary N) is 1. The van der Waals surface area contributed by atoms with Gasteiger partial charge in [0, 0.05) is 11.0 Å². The van der Waals surface area contributed by atoms with Crippen molar-refractivity contribution in [3.8, 4) is 0 Å². The molecule has 0 aliphatic carbocycles. The number of rotatable bonds is 4. The maximum Gasteiger partial charge on any atom is 0.328 e. The van der Waals surface area contributed by atoms with Crippen molar-refractivity contribution in [1.29, 1.82) is 0 Å². The molecule has 2 rings (SSSR count). The molecule has 92 valence electrons. The van der Waals surface area contributed by atoms with Crippen LogP contribution in [0.5, 0.6) is 0 Å². The van der Waals surface area contributed by atoms with Crippen LogP contribution in [0.1, 0.15) is 14.5 Å². The first-order chi connectivity index (χ1) is 8.65. The van der Waals surface area contributed by atoms with Crippen molar-refractivity contribution >= 4 is 45.8 Å². The van der Waals surface area contributed by atoms with E-state index in [1.165, 1.54) is 34.3 Å². The topological polar surface area (TPSA) is 92.2 Å². The minimum absolute atomic E-state index is 0.285. The average Bonchev–Trinajstić information content (AvgIpc) is 2.96. The lowest BCUT2D eigenvalue weighted by Gasteiger charge is -1.96. The number of carboxylic acids is 1. The molecule has 0 aliphatic heterocycles. The minimum atomic E-state index is -1.02. The van der Waals surface area contributed by atoms with Gasteiger partial charge < -0.3 is 5.11 Å². The Balaban J connectivity index is 2.05. The maximum absolute atomic E-state index is 11.8. The van der Waals surface area contributed by atoms with Gasteiger partial charge in [0.05, 0.1) is 4.88 Å². The molecule has 2 N–H and O–H groups in total. The number of aliphatic carboxylic acids is 1. The van der Waals surface area contributed by atoms with Crippen LogP contribution in [0.3, 0.4) is 0 Å². The van der Waals surface area contributed by atoms with E-state index >= 15 is 0 Å². The van der Waals surface area contributed by atoms with Crippen molar-refractivity contribution in [1.82, 2.24) is 10.2 Å². The van der Waals surface area contributed by atoms with Gasteiger partial charge in [-0.05, 0) is 18.2 Å². The molecule has 2 aromatic heterocycles. The lowest BCUT2D eigenvalue weighted by atomic mass is 10.4. The van der Waals surface area contributed by atoms with Crippen molar-refractivity contribution < 1.29 is 14.7 Å². The van der Waals surface area contributed by atoms with E-state index in [2.05, 4.69) is 15.5 Å². The first-order valence-corrected chi connectivity index (χ1v) is 6.43. The maximum atomic E-state index is 11.8. The number of aromatic nitrogens is 2. The Morgan fingerprint density at radius 3 is 2.89 bits per heavy atom. The van der Waals surface area contributed by atoms with E-state index in [0.717, 1.165) is 6.08 Å². The van der Waals surface area contributed by atoms with E-state index in [-0.39, 0.29) is 5.91 Å². The second-order valence-electron chi connectivity index (χ2n) is 3.07. The zero-order valence-corrected chi connectivity index (χ0v) is 10.5. The van der Waals surface area contributed by atoms with Gasteiger partial charge in [0.25, 0.3) is 5.91 Å². The molecule has 0 aromatic carbocycles. The fourth-order valence-electron chi connectivity index (χ4n) is 1.10. The van der Waals surface area contributed by atoms with E-state index in [0.29, 0.717) is 14.9 Å². The van der Waals surface area contributed by atoms with Crippen molar-refractivity contribution in [3.63, 3.8) is 0 Å². The zero-order chi connectivity index (χ0) is 13.0. The number of carboxylic acid groups (broad SMARTS) is 1. The van der Waals surface area contributed by atoms with Crippen molar-refractivity contribution in [2.24, 2.45) is 0 Å². The van der Waals surface area contributed by atoms with Gasteiger partial charge in [-0.1, -0.05) is 11.3 Å². The van der Waals surface area contributed by atoms with Crippen LogP contribution in [-0.2, 0) is 4.79 Å². The summed E-state index contributed by atoms with van der Waals surface area (Å²) in [5.41, 5.74) is 1.52. The molecule has 0 radical (unpaired) electrons. The summed E-state index contributed by atoms with van der Waals surface area (Å²) in [7, 11) is 0. The molecule has 2 heterocycles. The highest BCUT2D eigenvalue weighted by Crippen LogP contribution is 2.19. The summed E-state index contributed by atoms with van der Waals surface area (Å²) in [6.07, 6.45) is 2.47. The van der Waals surface area contributed by atoms with Crippen LogP contribution in [0.4, 0.5) is 5.13 Å². The molecule has 8 heteroatoms. The number of hydrogen-bond acceptors (Lipinski definition) is 6. The number of anilines is 1. The lowest BCUT2D eigenvalue weighted by Crippen LogP contribution is -2.09. The standard InChI is InChI=1S/C10H7N3O3S2/c14-8(15)4-2-6-1-3-7(18-6)9(16)12-10-13-11-5-17-10/h1-5H,(H,14,15)(H,12,13,16). The Kier molecular flexibility index (Phi) is 3.80. The highest BCUT2D eigenvalue weighted by atomic mass is 32.1. The predicted octanol–water partition coefficient (Wildman–Crippen LogP) is 1.95. The first-order valence-electron chi connectivity index (χ1n) is 4.73. The molecular weight excluding hydrogens is 274 g/mol. The molecule has 0 bridgehead atoms. The highest BCUT2D eigenvalue weighted by Gasteiger charge is 2.10. The van der Waals surface area contributed by atoms with Gasteiger partial charge in [-0.3, -0.25) is 10.1 Å². The highest BCUT2D eigenvalue weighted by molar-refractivity contribution is 7.15. The van der Waals surface area contributed by atoms with Crippen LogP contribution in [0.2, 0.25) is 0 Å². The molecule has 0 saturated carbocycles. The monoisotopic (exact) mass is 281 g/mol. The molecule has 18 heavy (non-hydrogen) atoms. The molecular formula is C10H7N3O3S2. The molecule has 0 atom stereocenters. The summed E-state index contributed by atoms with van der Waals surface area (Å²) < 4.78 is 0. The summed E-state index contributed by atoms with van der Waals surface area (Å²) >= 11 is 2.42. The summed E-state index contributed by atoms with van der Waals surface area (Å²) in [5.74, 6) is -1.31. The summed E-state index contributed by atoms with van der Waals surface area (Å²) in [4.78, 5) is 23.3. The van der Waals surface area contributed by atoms with Crippen molar-refractivity contribution in [3.05, 3.63) is 33.5 Å². The second-order valence-corrected chi connectivity index (χ2v) is 5.02. The van der Waals surface area contributed by atoms with Gasteiger partial charge in [-0.2, -0.15) is 0 Å². The Morgan fingerprint density at radius 1 is 1.39 bits per heavy atom. The van der Waals surface area contributed by atoms with Crippen LogP contribution < -0.4 is 5.32 Å². The fraction of sp³-hybridized carbons (Fsp3) is 0. The van der Waals surface area contributed by atoms with Crippen LogP contribution >= 0.6 is 22.7 Å². The molecule has 2 aromatic rings. The third-order valence-corrected chi connectivity index (χ3v) is 3.48. The smallest absolute Gasteiger partial charge is 0.328 e. The number of amides is 1. The first kappa shape index (κ1) is 12.4. The van der Waals surface area contributed by atoms with Gasteiger partial charge >= 0.3 is 5.97 Å². The largest absolute Gasteiger partial charge is 0.478 e. The van der Waals surface area contributed by atoms with Gasteiger partial charge in [0.1, 0.15) is 5.51 Å². The van der Waals surface area contributed by atoms with Crippen LogP contribution in [0.15, 0.2) is 23.7 Å². The van der Waals surface area contributed by atoms with Gasteiger partial charge in [0.15, 0.2) is 0 Å².